The second-order valence-electron chi connectivity index (χ2n) is 4.48. The predicted octanol–water partition coefficient (Wildman–Crippen LogP) is 1.97. The minimum atomic E-state index is 0.628. The fourth-order valence-electron chi connectivity index (χ4n) is 1.61. The number of anilines is 1. The molecule has 1 aromatic heterocycles. The molecule has 1 N–H and O–H groups in total. The van der Waals surface area contributed by atoms with E-state index in [0.29, 0.717) is 5.92 Å². The predicted molar refractivity (Wildman–Crippen MR) is 73.8 cm³/mol. The zero-order valence-corrected chi connectivity index (χ0v) is 12.0. The van der Waals surface area contributed by atoms with Crippen molar-refractivity contribution in [2.24, 2.45) is 5.92 Å². The molecule has 4 nitrogen and oxygen atoms in total. The van der Waals surface area contributed by atoms with Crippen LogP contribution in [0, 0.1) is 5.92 Å². The zero-order chi connectivity index (χ0) is 12.7. The van der Waals surface area contributed by atoms with Crippen molar-refractivity contribution in [1.82, 2.24) is 10.3 Å². The van der Waals surface area contributed by atoms with Crippen LogP contribution in [0.4, 0.5) is 5.13 Å². The van der Waals surface area contributed by atoms with Crippen LogP contribution in [0.25, 0.3) is 0 Å². The quantitative estimate of drug-likeness (QED) is 0.772. The van der Waals surface area contributed by atoms with Gasteiger partial charge in [0.15, 0.2) is 5.13 Å². The maximum absolute atomic E-state index is 5.15. The number of aromatic nitrogens is 1. The highest BCUT2D eigenvalue weighted by Gasteiger charge is 2.12. The summed E-state index contributed by atoms with van der Waals surface area (Å²) in [7, 11) is 3.68. The lowest BCUT2D eigenvalue weighted by atomic mass is 10.2. The summed E-state index contributed by atoms with van der Waals surface area (Å²) in [6.45, 7) is 7.95. The fraction of sp³-hybridized carbons (Fsp3) is 0.750. The summed E-state index contributed by atoms with van der Waals surface area (Å²) in [6.07, 6.45) is 0. The van der Waals surface area contributed by atoms with E-state index in [-0.39, 0.29) is 0 Å². The summed E-state index contributed by atoms with van der Waals surface area (Å²) in [5.41, 5.74) is 1.11. The van der Waals surface area contributed by atoms with E-state index in [1.807, 2.05) is 7.05 Å². The molecule has 0 amide bonds. The summed E-state index contributed by atoms with van der Waals surface area (Å²) in [5, 5.41) is 6.34. The van der Waals surface area contributed by atoms with Gasteiger partial charge >= 0.3 is 0 Å². The van der Waals surface area contributed by atoms with Crippen molar-refractivity contribution >= 4 is 16.5 Å². The van der Waals surface area contributed by atoms with Gasteiger partial charge in [0.1, 0.15) is 0 Å². The second-order valence-corrected chi connectivity index (χ2v) is 5.32. The molecule has 0 saturated carbocycles. The topological polar surface area (TPSA) is 37.4 Å². The van der Waals surface area contributed by atoms with Crippen LogP contribution >= 0.6 is 11.3 Å². The number of nitrogens with zero attached hydrogens (tertiary/aromatic N) is 2. The maximum atomic E-state index is 5.15. The third kappa shape index (κ3) is 5.02. The molecule has 0 unspecified atom stereocenters. The van der Waals surface area contributed by atoms with Crippen molar-refractivity contribution in [3.63, 3.8) is 0 Å². The third-order valence-corrected chi connectivity index (χ3v) is 3.27. The van der Waals surface area contributed by atoms with Gasteiger partial charge in [0.25, 0.3) is 0 Å². The molecule has 0 bridgehead atoms. The molecule has 0 spiro atoms. The molecule has 0 aromatic carbocycles. The van der Waals surface area contributed by atoms with E-state index in [2.05, 4.69) is 34.4 Å². The van der Waals surface area contributed by atoms with Gasteiger partial charge in [-0.05, 0) is 13.0 Å². The van der Waals surface area contributed by atoms with Crippen LogP contribution in [-0.4, -0.2) is 38.8 Å². The van der Waals surface area contributed by atoms with Gasteiger partial charge in [-0.1, -0.05) is 13.8 Å². The summed E-state index contributed by atoms with van der Waals surface area (Å²) in [6, 6.07) is 0. The van der Waals surface area contributed by atoms with Gasteiger partial charge < -0.3 is 15.0 Å². The monoisotopic (exact) mass is 257 g/mol. The van der Waals surface area contributed by atoms with Gasteiger partial charge in [0.05, 0.1) is 12.3 Å². The number of rotatable bonds is 8. The number of thiazole rings is 1. The van der Waals surface area contributed by atoms with E-state index < -0.39 is 0 Å². The molecule has 0 aliphatic rings. The molecular formula is C12H23N3OS. The SMILES string of the molecule is CNCc1csc(N(CCOC)CC(C)C)n1. The van der Waals surface area contributed by atoms with Crippen LogP contribution in [0.15, 0.2) is 5.38 Å². The Morgan fingerprint density at radius 2 is 2.29 bits per heavy atom. The minimum Gasteiger partial charge on any atom is -0.383 e. The van der Waals surface area contributed by atoms with Crippen LogP contribution in [-0.2, 0) is 11.3 Å². The molecule has 0 aliphatic carbocycles. The lowest BCUT2D eigenvalue weighted by molar-refractivity contribution is 0.204. The molecular weight excluding hydrogens is 234 g/mol. The van der Waals surface area contributed by atoms with Crippen LogP contribution < -0.4 is 10.2 Å². The second kappa shape index (κ2) is 7.63. The van der Waals surface area contributed by atoms with Gasteiger partial charge in [-0.25, -0.2) is 4.98 Å². The van der Waals surface area contributed by atoms with Gasteiger partial charge in [-0.15, -0.1) is 11.3 Å². The smallest absolute Gasteiger partial charge is 0.185 e. The Morgan fingerprint density at radius 1 is 1.53 bits per heavy atom. The van der Waals surface area contributed by atoms with Crippen molar-refractivity contribution in [3.8, 4) is 0 Å². The lowest BCUT2D eigenvalue weighted by Crippen LogP contribution is -2.30. The molecule has 1 heterocycles. The van der Waals surface area contributed by atoms with E-state index in [9.17, 15) is 0 Å². The van der Waals surface area contributed by atoms with Crippen LogP contribution in [0.1, 0.15) is 19.5 Å². The van der Waals surface area contributed by atoms with Crippen molar-refractivity contribution in [1.29, 1.82) is 0 Å². The molecule has 1 aromatic rings. The number of ether oxygens (including phenoxy) is 1. The highest BCUT2D eigenvalue weighted by molar-refractivity contribution is 7.13. The zero-order valence-electron chi connectivity index (χ0n) is 11.2. The van der Waals surface area contributed by atoms with Crippen molar-refractivity contribution in [2.45, 2.75) is 20.4 Å². The number of hydrogen-bond acceptors (Lipinski definition) is 5. The first-order valence-electron chi connectivity index (χ1n) is 6.00. The summed E-state index contributed by atoms with van der Waals surface area (Å²) in [4.78, 5) is 6.94. The molecule has 1 rings (SSSR count). The Morgan fingerprint density at radius 3 is 2.88 bits per heavy atom. The van der Waals surface area contributed by atoms with Gasteiger partial charge in [-0.3, -0.25) is 0 Å². The first-order valence-corrected chi connectivity index (χ1v) is 6.88. The molecule has 0 atom stereocenters. The van der Waals surface area contributed by atoms with Gasteiger partial charge in [-0.2, -0.15) is 0 Å². The molecule has 98 valence electrons. The Kier molecular flexibility index (Phi) is 6.47. The van der Waals surface area contributed by atoms with E-state index in [4.69, 9.17) is 4.74 Å². The van der Waals surface area contributed by atoms with Crippen LogP contribution in [0.3, 0.4) is 0 Å². The average Bonchev–Trinajstić information content (AvgIpc) is 2.73. The normalized spacial score (nSPS) is 11.1. The molecule has 0 aliphatic heterocycles. The van der Waals surface area contributed by atoms with Crippen molar-refractivity contribution in [3.05, 3.63) is 11.1 Å². The highest BCUT2D eigenvalue weighted by Crippen LogP contribution is 2.21. The summed E-state index contributed by atoms with van der Waals surface area (Å²) >= 11 is 1.71. The minimum absolute atomic E-state index is 0.628. The van der Waals surface area contributed by atoms with Gasteiger partial charge in [0.2, 0.25) is 0 Å². The number of hydrogen-bond donors (Lipinski definition) is 1. The Balaban J connectivity index is 2.65. The van der Waals surface area contributed by atoms with E-state index in [1.165, 1.54) is 0 Å². The first-order chi connectivity index (χ1) is 8.17. The van der Waals surface area contributed by atoms with Gasteiger partial charge in [0, 0.05) is 32.1 Å². The Labute approximate surface area is 108 Å². The molecule has 0 radical (unpaired) electrons. The largest absolute Gasteiger partial charge is 0.383 e. The molecule has 5 heteroatoms. The van der Waals surface area contributed by atoms with E-state index in [1.54, 1.807) is 18.4 Å². The van der Waals surface area contributed by atoms with E-state index in [0.717, 1.165) is 37.1 Å². The number of nitrogens with one attached hydrogen (secondary N) is 1. The summed E-state index contributed by atoms with van der Waals surface area (Å²) < 4.78 is 5.15. The van der Waals surface area contributed by atoms with Crippen molar-refractivity contribution in [2.75, 3.05) is 38.8 Å². The molecule has 0 saturated heterocycles. The van der Waals surface area contributed by atoms with Crippen LogP contribution in [0.5, 0.6) is 0 Å². The summed E-state index contributed by atoms with van der Waals surface area (Å²) in [5.74, 6) is 0.628. The Bertz CT molecular complexity index is 314. The van der Waals surface area contributed by atoms with Crippen molar-refractivity contribution < 1.29 is 4.74 Å². The highest BCUT2D eigenvalue weighted by atomic mass is 32.1. The third-order valence-electron chi connectivity index (χ3n) is 2.32. The molecule has 0 fully saturated rings. The number of methoxy groups -OCH3 is 1. The molecule has 17 heavy (non-hydrogen) atoms. The van der Waals surface area contributed by atoms with Crippen LogP contribution in [0.2, 0.25) is 0 Å². The standard InChI is InChI=1S/C12H23N3OS/c1-10(2)8-15(5-6-16-4)12-14-11(7-13-3)9-17-12/h9-10,13H,5-8H2,1-4H3. The van der Waals surface area contributed by atoms with E-state index >= 15 is 0 Å². The lowest BCUT2D eigenvalue weighted by Gasteiger charge is -2.23. The fourth-order valence-corrected chi connectivity index (χ4v) is 2.47. The average molecular weight is 257 g/mol. The first kappa shape index (κ1) is 14.4. The maximum Gasteiger partial charge on any atom is 0.185 e. The Hall–Kier alpha value is -0.650.